The Morgan fingerprint density at radius 3 is 1.78 bits per heavy atom. The molecule has 198 valence electrons. The fourth-order valence-electron chi connectivity index (χ4n) is 7.76. The van der Waals surface area contributed by atoms with Crippen LogP contribution in [0.15, 0.2) is 35.5 Å². The van der Waals surface area contributed by atoms with E-state index in [0.717, 1.165) is 42.4 Å². The quantitative estimate of drug-likeness (QED) is 0.395. The van der Waals surface area contributed by atoms with Gasteiger partial charge in [-0.15, -0.1) is 0 Å². The smallest absolute Gasteiger partial charge is 0.220 e. The second-order valence-electron chi connectivity index (χ2n) is 12.0. The molecule has 0 saturated heterocycles. The minimum atomic E-state index is -3.54. The first-order chi connectivity index (χ1) is 17.5. The predicted octanol–water partition coefficient (Wildman–Crippen LogP) is 6.66. The average Bonchev–Trinajstić information content (AvgIpc) is 3.42. The highest BCUT2D eigenvalue weighted by Crippen LogP contribution is 2.46. The van der Waals surface area contributed by atoms with E-state index in [2.05, 4.69) is 22.4 Å². The van der Waals surface area contributed by atoms with Gasteiger partial charge in [0.1, 0.15) is 0 Å². The third-order valence-electron chi connectivity index (χ3n) is 9.80. The molecule has 1 aromatic carbocycles. The predicted molar refractivity (Wildman–Crippen MR) is 142 cm³/mol. The number of tetrazole rings is 1. The van der Waals surface area contributed by atoms with Crippen molar-refractivity contribution in [2.45, 2.75) is 102 Å². The van der Waals surface area contributed by atoms with Gasteiger partial charge in [0, 0.05) is 0 Å². The normalized spacial score (nSPS) is 31.8. The van der Waals surface area contributed by atoms with Gasteiger partial charge in [-0.05, 0) is 122 Å². The number of nitrogens with zero attached hydrogens (tertiary/aromatic N) is 4. The summed E-state index contributed by atoms with van der Waals surface area (Å²) in [6.07, 6.45) is 18.8. The molecular weight excluding hydrogens is 468 g/mol. The summed E-state index contributed by atoms with van der Waals surface area (Å²) in [5, 5.41) is 11.5. The van der Waals surface area contributed by atoms with Crippen LogP contribution in [0.3, 0.4) is 0 Å². The Labute approximate surface area is 217 Å². The summed E-state index contributed by atoms with van der Waals surface area (Å²) in [7, 11) is -3.54. The highest BCUT2D eigenvalue weighted by Gasteiger charge is 2.36. The zero-order valence-corrected chi connectivity index (χ0v) is 22.8. The Morgan fingerprint density at radius 1 is 0.750 bits per heavy atom. The van der Waals surface area contributed by atoms with E-state index in [1.807, 2.05) is 30.3 Å². The van der Waals surface area contributed by atoms with E-state index >= 15 is 0 Å². The molecule has 3 aliphatic rings. The molecule has 0 spiro atoms. The summed E-state index contributed by atoms with van der Waals surface area (Å²) in [6.45, 7) is 2.33. The maximum Gasteiger partial charge on any atom is 0.272 e. The van der Waals surface area contributed by atoms with Crippen molar-refractivity contribution in [1.29, 1.82) is 0 Å². The first-order valence-corrected chi connectivity index (χ1v) is 16.2. The highest BCUT2D eigenvalue weighted by atomic mass is 32.2. The molecule has 7 heteroatoms. The van der Waals surface area contributed by atoms with Crippen LogP contribution in [-0.2, 0) is 9.84 Å². The summed E-state index contributed by atoms with van der Waals surface area (Å²) >= 11 is 0. The molecule has 3 fully saturated rings. The molecule has 1 heterocycles. The fourth-order valence-corrected chi connectivity index (χ4v) is 9.43. The van der Waals surface area contributed by atoms with Gasteiger partial charge < -0.3 is 0 Å². The molecule has 0 amide bonds. The third kappa shape index (κ3) is 6.03. The number of rotatable bonds is 8. The van der Waals surface area contributed by atoms with E-state index < -0.39 is 9.84 Å². The first kappa shape index (κ1) is 25.9. The zero-order chi connectivity index (χ0) is 25.0. The monoisotopic (exact) mass is 512 g/mol. The van der Waals surface area contributed by atoms with Crippen molar-refractivity contribution in [3.8, 4) is 5.69 Å². The van der Waals surface area contributed by atoms with Crippen molar-refractivity contribution in [1.82, 2.24) is 20.2 Å². The lowest BCUT2D eigenvalue weighted by molar-refractivity contribution is 0.105. The van der Waals surface area contributed by atoms with Gasteiger partial charge in [0.2, 0.25) is 9.84 Å². The molecule has 0 radical (unpaired) electrons. The number of hydrogen-bond acceptors (Lipinski definition) is 5. The second-order valence-corrected chi connectivity index (χ2v) is 13.9. The number of hydrogen-bond donors (Lipinski definition) is 0. The molecule has 3 saturated carbocycles. The van der Waals surface area contributed by atoms with E-state index in [1.165, 1.54) is 81.7 Å². The Bertz CT molecular complexity index is 1050. The molecule has 1 aromatic heterocycles. The summed E-state index contributed by atoms with van der Waals surface area (Å²) in [4.78, 5) is 0. The van der Waals surface area contributed by atoms with Gasteiger partial charge in [-0.2, -0.15) is 4.68 Å². The molecule has 0 aliphatic heterocycles. The SMILES string of the molecule is CCCC1CCC(C2CCC(C3CCC(CS(=O)(=O)c4nnnn4-c4ccccc4)CC3)CC2)CC1. The largest absolute Gasteiger partial charge is 0.272 e. The Balaban J connectivity index is 1.08. The number of aromatic nitrogens is 4. The molecule has 6 nitrogen and oxygen atoms in total. The van der Waals surface area contributed by atoms with Crippen LogP contribution < -0.4 is 0 Å². The summed E-state index contributed by atoms with van der Waals surface area (Å²) < 4.78 is 27.8. The molecule has 5 rings (SSSR count). The minimum Gasteiger partial charge on any atom is -0.220 e. The molecule has 0 N–H and O–H groups in total. The zero-order valence-electron chi connectivity index (χ0n) is 22.0. The maximum absolute atomic E-state index is 13.2. The summed E-state index contributed by atoms with van der Waals surface area (Å²) in [6, 6.07) is 9.27. The van der Waals surface area contributed by atoms with E-state index in [0.29, 0.717) is 5.69 Å². The molecular formula is C29H44N4O2S. The maximum atomic E-state index is 13.2. The molecule has 36 heavy (non-hydrogen) atoms. The highest BCUT2D eigenvalue weighted by molar-refractivity contribution is 7.91. The van der Waals surface area contributed by atoms with Gasteiger partial charge >= 0.3 is 0 Å². The lowest BCUT2D eigenvalue weighted by atomic mass is 9.65. The summed E-state index contributed by atoms with van der Waals surface area (Å²) in [5.74, 6) is 4.99. The number of sulfone groups is 1. The van der Waals surface area contributed by atoms with Gasteiger partial charge in [-0.25, -0.2) is 8.42 Å². The van der Waals surface area contributed by atoms with Crippen LogP contribution >= 0.6 is 0 Å². The molecule has 3 aliphatic carbocycles. The standard InChI is InChI=1S/C29H44N4O2S/c1-2-6-22-9-13-24(14-10-22)26-17-19-27(20-18-26)25-15-11-23(12-16-25)21-36(34,35)29-30-31-32-33(29)28-7-4-3-5-8-28/h3-5,7-8,22-27H,2,6,9-21H2,1H3. The van der Waals surface area contributed by atoms with Crippen molar-refractivity contribution in [3.63, 3.8) is 0 Å². The molecule has 0 bridgehead atoms. The van der Waals surface area contributed by atoms with Crippen molar-refractivity contribution < 1.29 is 8.42 Å². The lowest BCUT2D eigenvalue weighted by Crippen LogP contribution is -2.31. The van der Waals surface area contributed by atoms with E-state index in [-0.39, 0.29) is 16.8 Å². The van der Waals surface area contributed by atoms with Crippen LogP contribution in [0.25, 0.3) is 5.69 Å². The van der Waals surface area contributed by atoms with Gasteiger partial charge in [0.05, 0.1) is 11.4 Å². The van der Waals surface area contributed by atoms with Crippen LogP contribution in [-0.4, -0.2) is 34.4 Å². The average molecular weight is 513 g/mol. The van der Waals surface area contributed by atoms with E-state index in [9.17, 15) is 8.42 Å². The minimum absolute atomic E-state index is 0.0297. The second kappa shape index (κ2) is 11.7. The molecule has 2 aromatic rings. The van der Waals surface area contributed by atoms with Crippen LogP contribution in [0.5, 0.6) is 0 Å². The Hall–Kier alpha value is -1.76. The molecule has 0 atom stereocenters. The van der Waals surface area contributed by atoms with Crippen LogP contribution in [0, 0.1) is 35.5 Å². The Morgan fingerprint density at radius 2 is 1.25 bits per heavy atom. The van der Waals surface area contributed by atoms with Gasteiger partial charge in [0.15, 0.2) is 0 Å². The first-order valence-electron chi connectivity index (χ1n) is 14.6. The van der Waals surface area contributed by atoms with Crippen molar-refractivity contribution in [2.24, 2.45) is 35.5 Å². The van der Waals surface area contributed by atoms with Gasteiger partial charge in [-0.3, -0.25) is 0 Å². The van der Waals surface area contributed by atoms with Crippen molar-refractivity contribution in [2.75, 3.05) is 5.75 Å². The summed E-state index contributed by atoms with van der Waals surface area (Å²) in [5.41, 5.74) is 0.675. The lowest BCUT2D eigenvalue weighted by Gasteiger charge is -2.41. The van der Waals surface area contributed by atoms with Crippen LogP contribution in [0.4, 0.5) is 0 Å². The fraction of sp³-hybridized carbons (Fsp3) is 0.759. The number of benzene rings is 1. The van der Waals surface area contributed by atoms with Gasteiger partial charge in [0.25, 0.3) is 5.16 Å². The van der Waals surface area contributed by atoms with Crippen LogP contribution in [0.1, 0.15) is 96.8 Å². The topological polar surface area (TPSA) is 77.7 Å². The van der Waals surface area contributed by atoms with E-state index in [4.69, 9.17) is 0 Å². The number of para-hydroxylation sites is 1. The van der Waals surface area contributed by atoms with Gasteiger partial charge in [-0.1, -0.05) is 55.9 Å². The van der Waals surface area contributed by atoms with E-state index in [1.54, 1.807) is 0 Å². The third-order valence-corrected chi connectivity index (χ3v) is 11.5. The van der Waals surface area contributed by atoms with Crippen molar-refractivity contribution >= 4 is 9.84 Å². The Kier molecular flexibility index (Phi) is 8.44. The molecule has 0 unspecified atom stereocenters. The van der Waals surface area contributed by atoms with Crippen molar-refractivity contribution in [3.05, 3.63) is 30.3 Å². The van der Waals surface area contributed by atoms with Crippen LogP contribution in [0.2, 0.25) is 0 Å².